The summed E-state index contributed by atoms with van der Waals surface area (Å²) in [4.78, 5) is 35.3. The molecule has 2 heterocycles. The molecule has 0 fully saturated rings. The van der Waals surface area contributed by atoms with Gasteiger partial charge in [-0.1, -0.05) is 0 Å². The molecule has 0 saturated carbocycles. The minimum absolute atomic E-state index is 0.227. The van der Waals surface area contributed by atoms with E-state index in [-0.39, 0.29) is 5.65 Å². The van der Waals surface area contributed by atoms with E-state index >= 15 is 0 Å². The number of hydrogen-bond donors (Lipinski definition) is 3. The van der Waals surface area contributed by atoms with E-state index in [1.165, 1.54) is 0 Å². The molecule has 14 heavy (non-hydrogen) atoms. The highest BCUT2D eigenvalue weighted by atomic mass is 16.4. The number of aromatic amines is 2. The van der Waals surface area contributed by atoms with Gasteiger partial charge in [-0.2, -0.15) is 4.52 Å². The van der Waals surface area contributed by atoms with E-state index in [2.05, 4.69) is 10.1 Å². The molecule has 2 rings (SSSR count). The van der Waals surface area contributed by atoms with Crippen LogP contribution in [0.25, 0.3) is 5.65 Å². The van der Waals surface area contributed by atoms with Crippen molar-refractivity contribution in [2.45, 2.75) is 0 Å². The average Bonchev–Trinajstić information content (AvgIpc) is 2.46. The third-order valence-electron chi connectivity index (χ3n) is 1.76. The Morgan fingerprint density at radius 1 is 1.43 bits per heavy atom. The average molecular weight is 195 g/mol. The summed E-state index contributed by atoms with van der Waals surface area (Å²) >= 11 is 0. The fraction of sp³-hybridized carbons (Fsp3) is 0. The predicted molar refractivity (Wildman–Crippen MR) is 45.6 cm³/mol. The number of nitrogens with zero attached hydrogens (tertiary/aromatic N) is 1. The topological polar surface area (TPSA) is 107 Å². The Kier molecular flexibility index (Phi) is 1.53. The van der Waals surface area contributed by atoms with Gasteiger partial charge in [-0.15, -0.1) is 0 Å². The van der Waals surface area contributed by atoms with Crippen molar-refractivity contribution < 1.29 is 9.90 Å². The monoisotopic (exact) mass is 195 g/mol. The quantitative estimate of drug-likeness (QED) is 0.543. The van der Waals surface area contributed by atoms with Crippen molar-refractivity contribution >= 4 is 11.6 Å². The highest BCUT2D eigenvalue weighted by Gasteiger charge is 2.11. The Morgan fingerprint density at radius 2 is 2.14 bits per heavy atom. The zero-order chi connectivity index (χ0) is 10.3. The van der Waals surface area contributed by atoms with E-state index < -0.39 is 22.7 Å². The normalized spacial score (nSPS) is 10.6. The van der Waals surface area contributed by atoms with Crippen molar-refractivity contribution in [3.8, 4) is 0 Å². The van der Waals surface area contributed by atoms with E-state index in [9.17, 15) is 14.4 Å². The van der Waals surface area contributed by atoms with Crippen molar-refractivity contribution in [2.24, 2.45) is 0 Å². The third kappa shape index (κ3) is 1.03. The molecule has 0 aromatic carbocycles. The molecule has 0 amide bonds. The summed E-state index contributed by atoms with van der Waals surface area (Å²) in [5.74, 6) is -1.34. The summed E-state index contributed by atoms with van der Waals surface area (Å²) in [5, 5.41) is 10.8. The van der Waals surface area contributed by atoms with Crippen LogP contribution in [0.4, 0.5) is 0 Å². The maximum Gasteiger partial charge on any atom is 0.342 e. The van der Waals surface area contributed by atoms with Crippen molar-refractivity contribution in [2.75, 3.05) is 0 Å². The number of carboxylic acids is 1. The van der Waals surface area contributed by atoms with Gasteiger partial charge in [-0.3, -0.25) is 14.7 Å². The minimum Gasteiger partial charge on any atom is -0.477 e. The Hall–Kier alpha value is -2.31. The summed E-state index contributed by atoms with van der Waals surface area (Å²) in [6.07, 6.45) is 1.05. The third-order valence-corrected chi connectivity index (χ3v) is 1.76. The molecule has 72 valence electrons. The van der Waals surface area contributed by atoms with E-state index in [0.29, 0.717) is 0 Å². The summed E-state index contributed by atoms with van der Waals surface area (Å²) in [5.41, 5.74) is -1.44. The SMILES string of the molecule is O=C(O)c1c[nH]c2cc(=O)[nH]n2c1=O. The maximum atomic E-state index is 11.4. The number of carbonyl (C=O) groups is 1. The lowest BCUT2D eigenvalue weighted by molar-refractivity contribution is 0.0694. The van der Waals surface area contributed by atoms with Gasteiger partial charge < -0.3 is 10.1 Å². The van der Waals surface area contributed by atoms with Gasteiger partial charge in [0.05, 0.1) is 0 Å². The Balaban J connectivity index is 2.95. The van der Waals surface area contributed by atoms with Crippen LogP contribution in [0.15, 0.2) is 21.9 Å². The van der Waals surface area contributed by atoms with Crippen molar-refractivity contribution in [3.05, 3.63) is 38.5 Å². The van der Waals surface area contributed by atoms with Crippen LogP contribution in [-0.2, 0) is 0 Å². The summed E-state index contributed by atoms with van der Waals surface area (Å²) < 4.78 is 0.853. The molecule has 0 bridgehead atoms. The van der Waals surface area contributed by atoms with E-state index in [0.717, 1.165) is 16.8 Å². The molecule has 2 aromatic rings. The van der Waals surface area contributed by atoms with Gasteiger partial charge >= 0.3 is 5.97 Å². The molecule has 0 aliphatic rings. The summed E-state index contributed by atoms with van der Waals surface area (Å²) in [6.45, 7) is 0. The first-order valence-electron chi connectivity index (χ1n) is 3.66. The van der Waals surface area contributed by atoms with E-state index in [4.69, 9.17) is 5.11 Å². The number of rotatable bonds is 1. The lowest BCUT2D eigenvalue weighted by Crippen LogP contribution is -2.23. The van der Waals surface area contributed by atoms with Crippen molar-refractivity contribution in [1.29, 1.82) is 0 Å². The second-order valence-corrected chi connectivity index (χ2v) is 2.65. The van der Waals surface area contributed by atoms with Crippen LogP contribution >= 0.6 is 0 Å². The first kappa shape index (κ1) is 8.30. The van der Waals surface area contributed by atoms with Crippen LogP contribution in [0.3, 0.4) is 0 Å². The van der Waals surface area contributed by atoms with Crippen LogP contribution in [0.1, 0.15) is 10.4 Å². The Labute approximate surface area is 75.6 Å². The number of carboxylic acid groups (broad SMARTS) is 1. The fourth-order valence-corrected chi connectivity index (χ4v) is 1.14. The molecule has 2 aromatic heterocycles. The molecule has 7 nitrogen and oxygen atoms in total. The predicted octanol–water partition coefficient (Wildman–Crippen LogP) is -0.986. The van der Waals surface area contributed by atoms with Crippen LogP contribution in [0, 0.1) is 0 Å². The number of aromatic nitrogens is 3. The van der Waals surface area contributed by atoms with Crippen molar-refractivity contribution in [3.63, 3.8) is 0 Å². The minimum atomic E-state index is -1.34. The molecule has 0 saturated heterocycles. The molecule has 7 heteroatoms. The van der Waals surface area contributed by atoms with E-state index in [1.807, 2.05) is 0 Å². The number of nitrogens with one attached hydrogen (secondary N) is 2. The maximum absolute atomic E-state index is 11.4. The molecule has 0 aliphatic heterocycles. The molecule has 0 radical (unpaired) electrons. The highest BCUT2D eigenvalue weighted by Crippen LogP contribution is 1.92. The van der Waals surface area contributed by atoms with Gasteiger partial charge in [0.1, 0.15) is 11.2 Å². The number of fused-ring (bicyclic) bond motifs is 1. The van der Waals surface area contributed by atoms with Gasteiger partial charge in [-0.05, 0) is 0 Å². The molecule has 0 atom stereocenters. The molecular weight excluding hydrogens is 190 g/mol. The molecule has 3 N–H and O–H groups in total. The summed E-state index contributed by atoms with van der Waals surface area (Å²) in [7, 11) is 0. The van der Waals surface area contributed by atoms with Crippen molar-refractivity contribution in [1.82, 2.24) is 14.6 Å². The second-order valence-electron chi connectivity index (χ2n) is 2.65. The standard InChI is InChI=1S/C7H5N3O4/c11-5-1-4-8-2-3(7(13)14)6(12)10(4)9-5/h1-2,8H,(H,9,11)(H,13,14). The van der Waals surface area contributed by atoms with Gasteiger partial charge in [0.25, 0.3) is 11.1 Å². The molecule has 0 unspecified atom stereocenters. The lowest BCUT2D eigenvalue weighted by atomic mass is 10.3. The molecule has 0 aliphatic carbocycles. The van der Waals surface area contributed by atoms with Gasteiger partial charge in [0.2, 0.25) is 0 Å². The Bertz CT molecular complexity index is 618. The second kappa shape index (κ2) is 2.59. The Morgan fingerprint density at radius 3 is 2.79 bits per heavy atom. The number of hydrogen-bond acceptors (Lipinski definition) is 3. The summed E-state index contributed by atoms with van der Waals surface area (Å²) in [6, 6.07) is 1.16. The van der Waals surface area contributed by atoms with Crippen LogP contribution in [0.2, 0.25) is 0 Å². The zero-order valence-corrected chi connectivity index (χ0v) is 6.77. The number of aromatic carboxylic acids is 1. The van der Waals surface area contributed by atoms with Gasteiger partial charge in [0.15, 0.2) is 0 Å². The van der Waals surface area contributed by atoms with E-state index in [1.54, 1.807) is 0 Å². The molecular formula is C7H5N3O4. The van der Waals surface area contributed by atoms with Crippen LogP contribution in [0.5, 0.6) is 0 Å². The fourth-order valence-electron chi connectivity index (χ4n) is 1.14. The first-order valence-corrected chi connectivity index (χ1v) is 3.66. The number of H-pyrrole nitrogens is 2. The van der Waals surface area contributed by atoms with Gasteiger partial charge in [0, 0.05) is 12.3 Å². The largest absolute Gasteiger partial charge is 0.477 e. The van der Waals surface area contributed by atoms with Gasteiger partial charge in [-0.25, -0.2) is 4.79 Å². The van der Waals surface area contributed by atoms with Crippen LogP contribution < -0.4 is 11.1 Å². The lowest BCUT2D eigenvalue weighted by Gasteiger charge is -1.95. The first-order chi connectivity index (χ1) is 6.59. The highest BCUT2D eigenvalue weighted by molar-refractivity contribution is 5.86. The van der Waals surface area contributed by atoms with Crippen LogP contribution in [-0.4, -0.2) is 25.7 Å². The molecule has 0 spiro atoms. The smallest absolute Gasteiger partial charge is 0.342 e. The zero-order valence-electron chi connectivity index (χ0n) is 6.77.